The van der Waals surface area contributed by atoms with Crippen LogP contribution in [0.15, 0.2) is 0 Å². The van der Waals surface area contributed by atoms with E-state index in [-0.39, 0.29) is 17.4 Å². The van der Waals surface area contributed by atoms with E-state index in [1.165, 1.54) is 32.1 Å². The number of hydrogen-bond donors (Lipinski definition) is 1. The molecule has 0 spiro atoms. The van der Waals surface area contributed by atoms with Gasteiger partial charge in [0.1, 0.15) is 0 Å². The van der Waals surface area contributed by atoms with E-state index in [9.17, 15) is 9.90 Å². The summed E-state index contributed by atoms with van der Waals surface area (Å²) in [5.74, 6) is 2.96. The van der Waals surface area contributed by atoms with Crippen molar-refractivity contribution >= 4 is 5.91 Å². The van der Waals surface area contributed by atoms with E-state index >= 15 is 0 Å². The van der Waals surface area contributed by atoms with Gasteiger partial charge in [-0.2, -0.15) is 0 Å². The first-order valence-corrected chi connectivity index (χ1v) is 9.73. The van der Waals surface area contributed by atoms with Crippen LogP contribution in [0.5, 0.6) is 0 Å². The van der Waals surface area contributed by atoms with Crippen molar-refractivity contribution in [1.82, 2.24) is 4.90 Å². The van der Waals surface area contributed by atoms with E-state index in [1.807, 2.05) is 11.9 Å². The van der Waals surface area contributed by atoms with Crippen molar-refractivity contribution in [2.75, 3.05) is 7.05 Å². The summed E-state index contributed by atoms with van der Waals surface area (Å²) in [5.41, 5.74) is 0.434. The zero-order valence-corrected chi connectivity index (χ0v) is 15.2. The summed E-state index contributed by atoms with van der Waals surface area (Å²) in [7, 11) is 1.96. The second-order valence-electron chi connectivity index (χ2n) is 9.69. The predicted octanol–water partition coefficient (Wildman–Crippen LogP) is 3.46. The Labute approximate surface area is 140 Å². The van der Waals surface area contributed by atoms with Crippen LogP contribution in [-0.4, -0.2) is 35.1 Å². The highest BCUT2D eigenvalue weighted by Gasteiger charge is 2.63. The Hall–Kier alpha value is -0.570. The highest BCUT2D eigenvalue weighted by atomic mass is 16.3. The van der Waals surface area contributed by atoms with E-state index in [4.69, 9.17) is 0 Å². The van der Waals surface area contributed by atoms with Crippen LogP contribution >= 0.6 is 0 Å². The number of fused-ring (bicyclic) bond motifs is 5. The molecule has 130 valence electrons. The quantitative estimate of drug-likeness (QED) is 0.743. The van der Waals surface area contributed by atoms with Crippen LogP contribution in [0.3, 0.4) is 0 Å². The molecule has 3 heteroatoms. The average Bonchev–Trinajstić information content (AvgIpc) is 2.89. The van der Waals surface area contributed by atoms with Gasteiger partial charge in [0.25, 0.3) is 0 Å². The molecule has 1 amide bonds. The number of aliphatic hydroxyl groups is 1. The predicted molar refractivity (Wildman–Crippen MR) is 90.7 cm³/mol. The number of hydrogen-bond acceptors (Lipinski definition) is 2. The number of rotatable bonds is 0. The molecule has 1 saturated heterocycles. The molecule has 0 radical (unpaired) electrons. The zero-order valence-electron chi connectivity index (χ0n) is 15.2. The number of nitrogens with zero attached hydrogens (tertiary/aromatic N) is 1. The third-order valence-electron chi connectivity index (χ3n) is 8.83. The molecule has 3 aliphatic carbocycles. The molecule has 4 aliphatic rings. The Balaban J connectivity index is 1.74. The van der Waals surface area contributed by atoms with Gasteiger partial charge in [0.05, 0.1) is 12.5 Å². The van der Waals surface area contributed by atoms with Crippen LogP contribution in [0.1, 0.15) is 65.7 Å². The molecule has 0 aromatic heterocycles. The lowest BCUT2D eigenvalue weighted by Gasteiger charge is -2.64. The van der Waals surface area contributed by atoms with Crippen LogP contribution in [-0.2, 0) is 4.79 Å². The molecule has 0 aromatic rings. The van der Waals surface area contributed by atoms with E-state index < -0.39 is 6.10 Å². The Morgan fingerprint density at radius 1 is 1.17 bits per heavy atom. The summed E-state index contributed by atoms with van der Waals surface area (Å²) in [5, 5.41) is 10.9. The maximum absolute atomic E-state index is 12.3. The fourth-order valence-corrected chi connectivity index (χ4v) is 7.46. The van der Waals surface area contributed by atoms with Crippen molar-refractivity contribution < 1.29 is 9.90 Å². The fraction of sp³-hybridized carbons (Fsp3) is 0.950. The molecule has 1 heterocycles. The van der Waals surface area contributed by atoms with Gasteiger partial charge < -0.3 is 10.0 Å². The summed E-state index contributed by atoms with van der Waals surface area (Å²) in [6.07, 6.45) is 7.67. The highest BCUT2D eigenvalue weighted by molar-refractivity contribution is 5.78. The van der Waals surface area contributed by atoms with Crippen LogP contribution in [0.25, 0.3) is 0 Å². The Kier molecular flexibility index (Phi) is 3.44. The standard InChI is InChI=1S/C20H33NO2/c1-12-10-15-20(3,16(22)11-17(23)21(15)4)14-7-9-19(2)8-5-6-13(19)18(12)14/h12-16,18,22H,5-11H2,1-4H3/t12?,13-,14+,15?,16?,18-,19-,20+/m0/s1. The summed E-state index contributed by atoms with van der Waals surface area (Å²) in [4.78, 5) is 14.2. The van der Waals surface area contributed by atoms with Crippen molar-refractivity contribution in [2.45, 2.75) is 77.9 Å². The molecule has 3 nitrogen and oxygen atoms in total. The van der Waals surface area contributed by atoms with E-state index in [2.05, 4.69) is 20.8 Å². The monoisotopic (exact) mass is 319 g/mol. The molecule has 1 N–H and O–H groups in total. The number of likely N-dealkylation sites (tertiary alicyclic amines) is 1. The molecular formula is C20H33NO2. The minimum atomic E-state index is -0.457. The van der Waals surface area contributed by atoms with Crippen LogP contribution in [0.2, 0.25) is 0 Å². The van der Waals surface area contributed by atoms with E-state index in [0.29, 0.717) is 23.7 Å². The number of piperidine rings is 1. The van der Waals surface area contributed by atoms with Gasteiger partial charge in [-0.3, -0.25) is 4.79 Å². The van der Waals surface area contributed by atoms with E-state index in [0.717, 1.165) is 18.3 Å². The topological polar surface area (TPSA) is 40.5 Å². The lowest BCUT2D eigenvalue weighted by molar-refractivity contribution is -0.194. The van der Waals surface area contributed by atoms with Crippen LogP contribution < -0.4 is 0 Å². The van der Waals surface area contributed by atoms with Gasteiger partial charge in [0, 0.05) is 18.5 Å². The van der Waals surface area contributed by atoms with Crippen molar-refractivity contribution in [2.24, 2.45) is 34.5 Å². The first kappa shape index (κ1) is 15.9. The molecule has 23 heavy (non-hydrogen) atoms. The Morgan fingerprint density at radius 2 is 1.91 bits per heavy atom. The van der Waals surface area contributed by atoms with Gasteiger partial charge in [-0.1, -0.05) is 27.2 Å². The van der Waals surface area contributed by atoms with E-state index in [1.54, 1.807) is 0 Å². The Morgan fingerprint density at radius 3 is 2.65 bits per heavy atom. The molecule has 3 unspecified atom stereocenters. The van der Waals surface area contributed by atoms with Gasteiger partial charge >= 0.3 is 0 Å². The maximum Gasteiger partial charge on any atom is 0.225 e. The largest absolute Gasteiger partial charge is 0.392 e. The average molecular weight is 319 g/mol. The number of amides is 1. The van der Waals surface area contributed by atoms with Crippen molar-refractivity contribution in [1.29, 1.82) is 0 Å². The molecule has 0 aromatic carbocycles. The maximum atomic E-state index is 12.3. The smallest absolute Gasteiger partial charge is 0.225 e. The summed E-state index contributed by atoms with van der Waals surface area (Å²) < 4.78 is 0. The highest BCUT2D eigenvalue weighted by Crippen LogP contribution is 2.65. The molecule has 0 bridgehead atoms. The molecular weight excluding hydrogens is 286 g/mol. The van der Waals surface area contributed by atoms with Gasteiger partial charge in [0.15, 0.2) is 0 Å². The van der Waals surface area contributed by atoms with Gasteiger partial charge in [-0.05, 0) is 61.2 Å². The molecule has 8 atom stereocenters. The second kappa shape index (κ2) is 4.97. The van der Waals surface area contributed by atoms with Crippen molar-refractivity contribution in [3.63, 3.8) is 0 Å². The third kappa shape index (κ3) is 1.95. The second-order valence-corrected chi connectivity index (χ2v) is 9.69. The molecule has 4 rings (SSSR count). The van der Waals surface area contributed by atoms with Crippen molar-refractivity contribution in [3.8, 4) is 0 Å². The summed E-state index contributed by atoms with van der Waals surface area (Å²) >= 11 is 0. The van der Waals surface area contributed by atoms with Gasteiger partial charge in [-0.15, -0.1) is 0 Å². The molecule has 4 fully saturated rings. The number of aliphatic hydroxyl groups excluding tert-OH is 1. The van der Waals surface area contributed by atoms with Crippen LogP contribution in [0.4, 0.5) is 0 Å². The van der Waals surface area contributed by atoms with Gasteiger partial charge in [0.2, 0.25) is 5.91 Å². The number of carbonyl (C=O) groups is 1. The van der Waals surface area contributed by atoms with Crippen molar-refractivity contribution in [3.05, 3.63) is 0 Å². The van der Waals surface area contributed by atoms with Gasteiger partial charge in [-0.25, -0.2) is 0 Å². The summed E-state index contributed by atoms with van der Waals surface area (Å²) in [6.45, 7) is 7.24. The SMILES string of the molecule is CC1CC2N(C)C(=O)CC(O)[C@]2(C)[C@@H]2CC[C@]3(C)CCC[C@H]3[C@H]12. The summed E-state index contributed by atoms with van der Waals surface area (Å²) in [6, 6.07) is 0.223. The molecule has 1 aliphatic heterocycles. The minimum Gasteiger partial charge on any atom is -0.392 e. The lowest BCUT2D eigenvalue weighted by atomic mass is 9.45. The Bertz CT molecular complexity index is 520. The first-order valence-electron chi connectivity index (χ1n) is 9.73. The third-order valence-corrected chi connectivity index (χ3v) is 8.83. The number of carbonyl (C=O) groups excluding carboxylic acids is 1. The zero-order chi connectivity index (χ0) is 16.6. The minimum absolute atomic E-state index is 0.107. The molecule has 3 saturated carbocycles. The normalized spacial score (nSPS) is 56.0. The fourth-order valence-electron chi connectivity index (χ4n) is 7.46. The first-order chi connectivity index (χ1) is 10.8. The lowest BCUT2D eigenvalue weighted by Crippen LogP contribution is -2.67. The van der Waals surface area contributed by atoms with Crippen LogP contribution in [0, 0.1) is 34.5 Å².